The van der Waals surface area contributed by atoms with Gasteiger partial charge in [-0.1, -0.05) is 35.5 Å². The second kappa shape index (κ2) is 7.84. The summed E-state index contributed by atoms with van der Waals surface area (Å²) in [6.07, 6.45) is 0.750. The number of rotatable bonds is 5. The van der Waals surface area contributed by atoms with Crippen molar-refractivity contribution in [3.8, 4) is 5.75 Å². The van der Waals surface area contributed by atoms with Crippen LogP contribution in [0.1, 0.15) is 40.1 Å². The number of carbonyl (C=O) groups excluding carboxylic acids is 1. The summed E-state index contributed by atoms with van der Waals surface area (Å²) in [7, 11) is 0. The van der Waals surface area contributed by atoms with Crippen LogP contribution in [0.15, 0.2) is 57.9 Å². The SMILES string of the molecule is Cc1nc(CSc2ccccc2C(=O)NC2CCOc3ccccc32)no1. The number of amides is 1. The van der Waals surface area contributed by atoms with Crippen LogP contribution in [-0.4, -0.2) is 22.7 Å². The Bertz CT molecular complexity index is 957. The van der Waals surface area contributed by atoms with E-state index < -0.39 is 0 Å². The van der Waals surface area contributed by atoms with Gasteiger partial charge >= 0.3 is 0 Å². The van der Waals surface area contributed by atoms with Gasteiger partial charge in [-0.2, -0.15) is 4.98 Å². The van der Waals surface area contributed by atoms with Gasteiger partial charge in [0, 0.05) is 23.8 Å². The van der Waals surface area contributed by atoms with Crippen molar-refractivity contribution in [2.24, 2.45) is 0 Å². The molecule has 27 heavy (non-hydrogen) atoms. The van der Waals surface area contributed by atoms with E-state index in [0.717, 1.165) is 22.6 Å². The van der Waals surface area contributed by atoms with Crippen LogP contribution in [0.25, 0.3) is 0 Å². The maximum Gasteiger partial charge on any atom is 0.252 e. The van der Waals surface area contributed by atoms with Crippen LogP contribution in [0, 0.1) is 6.92 Å². The number of nitrogens with one attached hydrogen (secondary N) is 1. The van der Waals surface area contributed by atoms with E-state index in [1.807, 2.05) is 48.5 Å². The van der Waals surface area contributed by atoms with Crippen molar-refractivity contribution in [2.45, 2.75) is 30.0 Å². The Balaban J connectivity index is 1.49. The molecule has 1 aliphatic heterocycles. The molecular formula is C20H19N3O3S. The first-order chi connectivity index (χ1) is 13.2. The van der Waals surface area contributed by atoms with E-state index in [0.29, 0.717) is 29.6 Å². The Morgan fingerprint density at radius 1 is 1.22 bits per heavy atom. The van der Waals surface area contributed by atoms with Gasteiger partial charge in [-0.25, -0.2) is 0 Å². The number of fused-ring (bicyclic) bond motifs is 1. The summed E-state index contributed by atoms with van der Waals surface area (Å²) < 4.78 is 10.7. The summed E-state index contributed by atoms with van der Waals surface area (Å²) in [6, 6.07) is 15.3. The van der Waals surface area contributed by atoms with Crippen molar-refractivity contribution in [1.29, 1.82) is 0 Å². The van der Waals surface area contributed by atoms with Gasteiger partial charge in [0.1, 0.15) is 5.75 Å². The molecule has 1 aromatic heterocycles. The number of ether oxygens (including phenoxy) is 1. The summed E-state index contributed by atoms with van der Waals surface area (Å²) in [5, 5.41) is 7.05. The van der Waals surface area contributed by atoms with Crippen molar-refractivity contribution in [1.82, 2.24) is 15.5 Å². The van der Waals surface area contributed by atoms with Gasteiger partial charge in [0.05, 0.1) is 24.0 Å². The highest BCUT2D eigenvalue weighted by Crippen LogP contribution is 2.32. The topological polar surface area (TPSA) is 77.2 Å². The molecule has 7 heteroatoms. The quantitative estimate of drug-likeness (QED) is 0.675. The van der Waals surface area contributed by atoms with E-state index in [4.69, 9.17) is 9.26 Å². The highest BCUT2D eigenvalue weighted by atomic mass is 32.2. The zero-order chi connectivity index (χ0) is 18.6. The molecular weight excluding hydrogens is 362 g/mol. The Morgan fingerprint density at radius 3 is 2.89 bits per heavy atom. The lowest BCUT2D eigenvalue weighted by Crippen LogP contribution is -2.32. The first kappa shape index (κ1) is 17.6. The normalized spacial score (nSPS) is 15.7. The van der Waals surface area contributed by atoms with Gasteiger partial charge < -0.3 is 14.6 Å². The summed E-state index contributed by atoms with van der Waals surface area (Å²) in [5.41, 5.74) is 1.66. The average Bonchev–Trinajstić information content (AvgIpc) is 3.12. The van der Waals surface area contributed by atoms with E-state index in [-0.39, 0.29) is 11.9 Å². The first-order valence-corrected chi connectivity index (χ1v) is 9.73. The minimum Gasteiger partial charge on any atom is -0.493 e. The summed E-state index contributed by atoms with van der Waals surface area (Å²) in [6.45, 7) is 2.35. The van der Waals surface area contributed by atoms with Crippen molar-refractivity contribution in [3.05, 3.63) is 71.4 Å². The largest absolute Gasteiger partial charge is 0.493 e. The zero-order valence-electron chi connectivity index (χ0n) is 14.8. The number of para-hydroxylation sites is 1. The molecule has 0 radical (unpaired) electrons. The molecule has 138 valence electrons. The summed E-state index contributed by atoms with van der Waals surface area (Å²) >= 11 is 1.52. The number of nitrogens with zero attached hydrogens (tertiary/aromatic N) is 2. The summed E-state index contributed by atoms with van der Waals surface area (Å²) in [5.74, 6) is 2.44. The molecule has 0 aliphatic carbocycles. The third-order valence-electron chi connectivity index (χ3n) is 4.32. The molecule has 1 N–H and O–H groups in total. The van der Waals surface area contributed by atoms with Crippen molar-refractivity contribution in [3.63, 3.8) is 0 Å². The fourth-order valence-electron chi connectivity index (χ4n) is 3.05. The minimum atomic E-state index is -0.0934. The van der Waals surface area contributed by atoms with Gasteiger partial charge in [-0.3, -0.25) is 4.79 Å². The third-order valence-corrected chi connectivity index (χ3v) is 5.39. The van der Waals surface area contributed by atoms with E-state index in [9.17, 15) is 4.79 Å². The molecule has 3 aromatic rings. The molecule has 1 aliphatic rings. The van der Waals surface area contributed by atoms with Gasteiger partial charge in [-0.15, -0.1) is 11.8 Å². The molecule has 1 atom stereocenters. The smallest absolute Gasteiger partial charge is 0.252 e. The van der Waals surface area contributed by atoms with Crippen molar-refractivity contribution < 1.29 is 14.1 Å². The number of carbonyl (C=O) groups is 1. The van der Waals surface area contributed by atoms with Crippen LogP contribution >= 0.6 is 11.8 Å². The Labute approximate surface area is 161 Å². The maximum absolute atomic E-state index is 12.9. The molecule has 0 saturated carbocycles. The molecule has 2 aromatic carbocycles. The fraction of sp³-hybridized carbons (Fsp3) is 0.250. The van der Waals surface area contributed by atoms with Crippen molar-refractivity contribution in [2.75, 3.05) is 6.61 Å². The fourth-order valence-corrected chi connectivity index (χ4v) is 3.94. The molecule has 0 bridgehead atoms. The van der Waals surface area contributed by atoms with E-state index in [1.165, 1.54) is 11.8 Å². The van der Waals surface area contributed by atoms with E-state index >= 15 is 0 Å². The second-order valence-corrected chi connectivity index (χ2v) is 7.23. The predicted molar refractivity (Wildman–Crippen MR) is 102 cm³/mol. The zero-order valence-corrected chi connectivity index (χ0v) is 15.7. The van der Waals surface area contributed by atoms with Crippen LogP contribution < -0.4 is 10.1 Å². The number of aromatic nitrogens is 2. The van der Waals surface area contributed by atoms with Gasteiger partial charge in [0.2, 0.25) is 5.89 Å². The first-order valence-electron chi connectivity index (χ1n) is 8.74. The number of hydrogen-bond acceptors (Lipinski definition) is 6. The van der Waals surface area contributed by atoms with Crippen LogP contribution in [0.3, 0.4) is 0 Å². The minimum absolute atomic E-state index is 0.0552. The Hall–Kier alpha value is -2.80. The Morgan fingerprint density at radius 2 is 2.04 bits per heavy atom. The predicted octanol–water partition coefficient (Wildman–Crippen LogP) is 3.92. The second-order valence-electron chi connectivity index (χ2n) is 6.22. The molecule has 0 saturated heterocycles. The van der Waals surface area contributed by atoms with Gasteiger partial charge in [0.15, 0.2) is 5.82 Å². The number of hydrogen-bond donors (Lipinski definition) is 1. The number of benzene rings is 2. The highest BCUT2D eigenvalue weighted by molar-refractivity contribution is 7.98. The maximum atomic E-state index is 12.9. The van der Waals surface area contributed by atoms with Crippen LogP contribution in [0.2, 0.25) is 0 Å². The monoisotopic (exact) mass is 381 g/mol. The number of thioether (sulfide) groups is 1. The van der Waals surface area contributed by atoms with E-state index in [1.54, 1.807) is 6.92 Å². The lowest BCUT2D eigenvalue weighted by Gasteiger charge is -2.26. The molecule has 1 amide bonds. The highest BCUT2D eigenvalue weighted by Gasteiger charge is 2.24. The van der Waals surface area contributed by atoms with Crippen LogP contribution in [0.4, 0.5) is 0 Å². The molecule has 2 heterocycles. The molecule has 6 nitrogen and oxygen atoms in total. The third kappa shape index (κ3) is 3.98. The number of aryl methyl sites for hydroxylation is 1. The summed E-state index contributed by atoms with van der Waals surface area (Å²) in [4.78, 5) is 18.0. The molecule has 0 spiro atoms. The lowest BCUT2D eigenvalue weighted by atomic mass is 10.00. The standard InChI is InChI=1S/C20H19N3O3S/c1-13-21-19(23-26-13)12-27-18-9-5-3-7-15(18)20(24)22-16-10-11-25-17-8-4-2-6-14(16)17/h2-9,16H,10-12H2,1H3,(H,22,24). The van der Waals surface area contributed by atoms with Gasteiger partial charge in [0.25, 0.3) is 5.91 Å². The molecule has 4 rings (SSSR count). The van der Waals surface area contributed by atoms with Gasteiger partial charge in [-0.05, 0) is 18.2 Å². The average molecular weight is 381 g/mol. The lowest BCUT2D eigenvalue weighted by molar-refractivity contribution is 0.0922. The van der Waals surface area contributed by atoms with Crippen LogP contribution in [0.5, 0.6) is 5.75 Å². The molecule has 0 fully saturated rings. The van der Waals surface area contributed by atoms with Crippen molar-refractivity contribution >= 4 is 17.7 Å². The Kier molecular flexibility index (Phi) is 5.11. The molecule has 1 unspecified atom stereocenters. The van der Waals surface area contributed by atoms with Crippen LogP contribution in [-0.2, 0) is 5.75 Å². The van der Waals surface area contributed by atoms with E-state index in [2.05, 4.69) is 15.5 Å².